The number of pyridine rings is 1. The molecule has 0 aromatic carbocycles. The van der Waals surface area contributed by atoms with E-state index >= 15 is 0 Å². The molecule has 4 N–H and O–H groups in total. The molecule has 0 aliphatic rings. The van der Waals surface area contributed by atoms with Crippen molar-refractivity contribution in [2.24, 2.45) is 0 Å². The molecule has 6 heteroatoms. The summed E-state index contributed by atoms with van der Waals surface area (Å²) in [7, 11) is 0. The second kappa shape index (κ2) is 4.93. The second-order valence-corrected chi connectivity index (χ2v) is 3.81. The topological polar surface area (TPSA) is 79.4 Å². The Balaban J connectivity index is 2.99. The third-order valence-corrected chi connectivity index (χ3v) is 2.60. The third-order valence-electron chi connectivity index (χ3n) is 1.73. The molecule has 1 rings (SSSR count). The van der Waals surface area contributed by atoms with Gasteiger partial charge in [0, 0.05) is 5.33 Å². The minimum Gasteiger partial charge on any atom is -0.397 e. The van der Waals surface area contributed by atoms with E-state index in [0.29, 0.717) is 5.69 Å². The molecule has 14 heavy (non-hydrogen) atoms. The van der Waals surface area contributed by atoms with Gasteiger partial charge >= 0.3 is 0 Å². The minimum atomic E-state index is -1.13. The van der Waals surface area contributed by atoms with Crippen molar-refractivity contribution in [3.63, 3.8) is 0 Å². The van der Waals surface area contributed by atoms with Crippen LogP contribution in [0.5, 0.6) is 0 Å². The summed E-state index contributed by atoms with van der Waals surface area (Å²) in [4.78, 5) is 3.85. The van der Waals surface area contributed by atoms with E-state index in [9.17, 15) is 10.2 Å². The van der Waals surface area contributed by atoms with Gasteiger partial charge in [-0.15, -0.1) is 0 Å². The number of aromatic nitrogens is 1. The summed E-state index contributed by atoms with van der Waals surface area (Å²) < 4.78 is 0. The Bertz CT molecular complexity index is 324. The van der Waals surface area contributed by atoms with Gasteiger partial charge in [0.05, 0.1) is 17.5 Å². The van der Waals surface area contributed by atoms with Gasteiger partial charge in [0.1, 0.15) is 11.3 Å². The quantitative estimate of drug-likeness (QED) is 0.573. The number of nitrogens with two attached hydrogens (primary N) is 1. The zero-order chi connectivity index (χ0) is 10.7. The molecule has 0 aliphatic carbocycles. The standard InChI is InChI=1S/C8H10BrClN2O2/c9-3-5(13)8(14)7-4(11)1-2-6(10)12-7/h1-2,5,8,13-14H,3,11H2. The van der Waals surface area contributed by atoms with Gasteiger partial charge in [-0.3, -0.25) is 0 Å². The van der Waals surface area contributed by atoms with Gasteiger partial charge in [-0.1, -0.05) is 27.5 Å². The smallest absolute Gasteiger partial charge is 0.129 e. The van der Waals surface area contributed by atoms with Gasteiger partial charge < -0.3 is 15.9 Å². The second-order valence-electron chi connectivity index (χ2n) is 2.77. The highest BCUT2D eigenvalue weighted by molar-refractivity contribution is 9.09. The molecule has 78 valence electrons. The number of alkyl halides is 1. The Hall–Kier alpha value is -0.360. The van der Waals surface area contributed by atoms with E-state index in [1.54, 1.807) is 0 Å². The lowest BCUT2D eigenvalue weighted by atomic mass is 10.1. The van der Waals surface area contributed by atoms with Crippen LogP contribution in [0.4, 0.5) is 5.69 Å². The number of nitrogen functional groups attached to an aromatic ring is 1. The van der Waals surface area contributed by atoms with Crippen LogP contribution >= 0.6 is 27.5 Å². The first-order valence-electron chi connectivity index (χ1n) is 3.90. The van der Waals surface area contributed by atoms with E-state index in [4.69, 9.17) is 17.3 Å². The van der Waals surface area contributed by atoms with E-state index in [2.05, 4.69) is 20.9 Å². The van der Waals surface area contributed by atoms with Crippen molar-refractivity contribution in [3.05, 3.63) is 23.0 Å². The predicted molar refractivity (Wildman–Crippen MR) is 58.4 cm³/mol. The zero-order valence-electron chi connectivity index (χ0n) is 7.19. The lowest BCUT2D eigenvalue weighted by Crippen LogP contribution is -2.21. The molecule has 1 heterocycles. The zero-order valence-corrected chi connectivity index (χ0v) is 9.53. The van der Waals surface area contributed by atoms with Crippen LogP contribution in [-0.4, -0.2) is 26.6 Å². The Kier molecular flexibility index (Phi) is 4.12. The molecule has 2 unspecified atom stereocenters. The molecule has 2 atom stereocenters. The van der Waals surface area contributed by atoms with Crippen LogP contribution in [0.25, 0.3) is 0 Å². The molecule has 0 bridgehead atoms. The summed E-state index contributed by atoms with van der Waals surface area (Å²) in [5, 5.41) is 19.4. The number of aliphatic hydroxyl groups is 2. The molecule has 0 saturated heterocycles. The highest BCUT2D eigenvalue weighted by Crippen LogP contribution is 2.23. The number of rotatable bonds is 3. The molecule has 0 saturated carbocycles. The maximum atomic E-state index is 9.61. The molecule has 1 aromatic heterocycles. The van der Waals surface area contributed by atoms with Gasteiger partial charge in [0.2, 0.25) is 0 Å². The van der Waals surface area contributed by atoms with Crippen LogP contribution in [0.2, 0.25) is 5.15 Å². The molecule has 4 nitrogen and oxygen atoms in total. The van der Waals surface area contributed by atoms with E-state index in [1.165, 1.54) is 12.1 Å². The van der Waals surface area contributed by atoms with E-state index in [1.807, 2.05) is 0 Å². The number of hydrogen-bond acceptors (Lipinski definition) is 4. The largest absolute Gasteiger partial charge is 0.397 e. The number of anilines is 1. The summed E-state index contributed by atoms with van der Waals surface area (Å²) in [6.45, 7) is 0. The molecule has 0 radical (unpaired) electrons. The SMILES string of the molecule is Nc1ccc(Cl)nc1C(O)C(O)CBr. The van der Waals surface area contributed by atoms with Crippen molar-refractivity contribution in [1.29, 1.82) is 0 Å². The van der Waals surface area contributed by atoms with Crippen LogP contribution in [-0.2, 0) is 0 Å². The average Bonchev–Trinajstić information content (AvgIpc) is 2.19. The normalized spacial score (nSPS) is 15.1. The van der Waals surface area contributed by atoms with Gasteiger partial charge in [-0.05, 0) is 12.1 Å². The van der Waals surface area contributed by atoms with Crippen molar-refractivity contribution in [3.8, 4) is 0 Å². The lowest BCUT2D eigenvalue weighted by Gasteiger charge is -2.16. The highest BCUT2D eigenvalue weighted by Gasteiger charge is 2.21. The Morgan fingerprint density at radius 3 is 2.71 bits per heavy atom. The summed E-state index contributed by atoms with van der Waals surface area (Å²) in [5.41, 5.74) is 6.08. The van der Waals surface area contributed by atoms with Crippen LogP contribution in [0.1, 0.15) is 11.8 Å². The van der Waals surface area contributed by atoms with E-state index in [-0.39, 0.29) is 16.2 Å². The summed E-state index contributed by atoms with van der Waals surface area (Å²) in [6, 6.07) is 3.06. The maximum Gasteiger partial charge on any atom is 0.129 e. The first-order valence-corrected chi connectivity index (χ1v) is 5.40. The number of nitrogens with zero attached hydrogens (tertiary/aromatic N) is 1. The lowest BCUT2D eigenvalue weighted by molar-refractivity contribution is 0.0320. The van der Waals surface area contributed by atoms with Gasteiger partial charge in [0.25, 0.3) is 0 Å². The average molecular weight is 282 g/mol. The van der Waals surface area contributed by atoms with Crippen molar-refractivity contribution in [2.75, 3.05) is 11.1 Å². The van der Waals surface area contributed by atoms with Crippen LogP contribution in [0.15, 0.2) is 12.1 Å². The first-order chi connectivity index (χ1) is 6.56. The molecule has 1 aromatic rings. The van der Waals surface area contributed by atoms with Crippen molar-refractivity contribution in [1.82, 2.24) is 4.98 Å². The highest BCUT2D eigenvalue weighted by atomic mass is 79.9. The van der Waals surface area contributed by atoms with E-state index < -0.39 is 12.2 Å². The van der Waals surface area contributed by atoms with E-state index in [0.717, 1.165) is 0 Å². The van der Waals surface area contributed by atoms with Crippen molar-refractivity contribution < 1.29 is 10.2 Å². The molecule has 0 amide bonds. The van der Waals surface area contributed by atoms with Crippen molar-refractivity contribution >= 4 is 33.2 Å². The van der Waals surface area contributed by atoms with Crippen LogP contribution in [0.3, 0.4) is 0 Å². The number of halogens is 2. The minimum absolute atomic E-state index is 0.199. The first kappa shape index (κ1) is 11.7. The van der Waals surface area contributed by atoms with Gasteiger partial charge in [0.15, 0.2) is 0 Å². The summed E-state index contributed by atoms with van der Waals surface area (Å²) >= 11 is 8.68. The van der Waals surface area contributed by atoms with Crippen molar-refractivity contribution in [2.45, 2.75) is 12.2 Å². The molecule has 0 spiro atoms. The number of hydrogen-bond donors (Lipinski definition) is 3. The van der Waals surface area contributed by atoms with Gasteiger partial charge in [-0.25, -0.2) is 4.98 Å². The Labute approximate surface area is 94.8 Å². The van der Waals surface area contributed by atoms with Crippen LogP contribution in [0, 0.1) is 0 Å². The Morgan fingerprint density at radius 1 is 1.50 bits per heavy atom. The fraction of sp³-hybridized carbons (Fsp3) is 0.375. The fourth-order valence-electron chi connectivity index (χ4n) is 0.964. The monoisotopic (exact) mass is 280 g/mol. The molecule has 0 aliphatic heterocycles. The third kappa shape index (κ3) is 2.57. The predicted octanol–water partition coefficient (Wildman–Crippen LogP) is 1.11. The molecular formula is C8H10BrClN2O2. The number of aliphatic hydroxyl groups excluding tert-OH is 2. The van der Waals surface area contributed by atoms with Gasteiger partial charge in [-0.2, -0.15) is 0 Å². The maximum absolute atomic E-state index is 9.61. The van der Waals surface area contributed by atoms with Crippen LogP contribution < -0.4 is 5.73 Å². The molecular weight excluding hydrogens is 271 g/mol. The summed E-state index contributed by atoms with van der Waals surface area (Å²) in [6.07, 6.45) is -2.09. The molecule has 0 fully saturated rings. The summed E-state index contributed by atoms with van der Waals surface area (Å²) in [5.74, 6) is 0. The fourth-order valence-corrected chi connectivity index (χ4v) is 1.47. The Morgan fingerprint density at radius 2 is 2.14 bits per heavy atom.